The van der Waals surface area contributed by atoms with Crippen molar-refractivity contribution in [1.82, 2.24) is 0 Å². The minimum absolute atomic E-state index is 0. The number of hydrogen-bond acceptors (Lipinski definition) is 0. The summed E-state index contributed by atoms with van der Waals surface area (Å²) in [7, 11) is 2.50. The van der Waals surface area contributed by atoms with Crippen LogP contribution in [0.3, 0.4) is 0 Å². The van der Waals surface area contributed by atoms with E-state index in [9.17, 15) is 0 Å². The first kappa shape index (κ1) is 33.3. The number of nitrogens with zero attached hydrogens (tertiary/aromatic N) is 1. The van der Waals surface area contributed by atoms with Gasteiger partial charge in [-0.15, -0.1) is 0 Å². The Bertz CT molecular complexity index is 287. The van der Waals surface area contributed by atoms with E-state index in [2.05, 4.69) is 36.8 Å². The molecule has 1 nitrogen and oxygen atoms in total. The summed E-state index contributed by atoms with van der Waals surface area (Å²) in [5.74, 6) is 0. The van der Waals surface area contributed by atoms with Crippen LogP contribution in [0.15, 0.2) is 0 Å². The molecule has 0 heterocycles. The van der Waals surface area contributed by atoms with Gasteiger partial charge in [-0.05, 0) is 25.7 Å². The molecule has 0 atom stereocenters. The minimum atomic E-state index is 0. The van der Waals surface area contributed by atoms with Crippen molar-refractivity contribution in [1.29, 1.82) is 0 Å². The smallest absolute Gasteiger partial charge is 0.0883 e. The Kier molecular flexibility index (Phi) is 29.4. The highest BCUT2D eigenvalue weighted by atomic mass is 127. The molecule has 0 spiro atoms. The van der Waals surface area contributed by atoms with Crippen LogP contribution in [0.1, 0.15) is 142 Å². The van der Waals surface area contributed by atoms with E-state index in [0.717, 1.165) is 5.33 Å². The maximum absolute atomic E-state index is 3.71. The van der Waals surface area contributed by atoms with E-state index in [-0.39, 0.29) is 24.0 Å². The van der Waals surface area contributed by atoms with Gasteiger partial charge < -0.3 is 28.5 Å². The molecule has 0 amide bonds. The van der Waals surface area contributed by atoms with Crippen molar-refractivity contribution >= 4 is 15.9 Å². The number of alkyl halides is 1. The molecule has 0 aromatic rings. The molecule has 184 valence electrons. The molecule has 0 aromatic carbocycles. The Hall–Kier alpha value is 1.17. The Morgan fingerprint density at radius 2 is 0.700 bits per heavy atom. The molecule has 0 aromatic heterocycles. The second-order valence-corrected chi connectivity index (χ2v) is 10.6. The predicted octanol–water partition coefficient (Wildman–Crippen LogP) is 6.67. The molecule has 0 aliphatic carbocycles. The average molecular weight is 603 g/mol. The zero-order valence-corrected chi connectivity index (χ0v) is 24.9. The second-order valence-electron chi connectivity index (χ2n) is 9.84. The highest BCUT2D eigenvalue weighted by molar-refractivity contribution is 9.09. The quantitative estimate of drug-likeness (QED) is 0.0501. The number of hydrogen-bond donors (Lipinski definition) is 0. The van der Waals surface area contributed by atoms with E-state index in [1.807, 2.05) is 0 Å². The molecule has 3 heteroatoms. The van der Waals surface area contributed by atoms with Crippen LogP contribution in [0, 0.1) is 0 Å². The summed E-state index contributed by atoms with van der Waals surface area (Å²) in [6.45, 7) is 8.69. The van der Waals surface area contributed by atoms with Crippen LogP contribution in [0.5, 0.6) is 0 Å². The summed E-state index contributed by atoms with van der Waals surface area (Å²) in [5, 5.41) is 1.15. The van der Waals surface area contributed by atoms with Crippen LogP contribution < -0.4 is 24.0 Å². The van der Waals surface area contributed by atoms with Gasteiger partial charge in [0.25, 0.3) is 0 Å². The van der Waals surface area contributed by atoms with Crippen molar-refractivity contribution in [2.24, 2.45) is 0 Å². The number of quaternary nitrogens is 1. The van der Waals surface area contributed by atoms with Gasteiger partial charge in [0.15, 0.2) is 0 Å². The van der Waals surface area contributed by atoms with E-state index >= 15 is 0 Å². The van der Waals surface area contributed by atoms with Crippen LogP contribution in [0.25, 0.3) is 0 Å². The molecule has 0 unspecified atom stereocenters. The number of unbranched alkanes of at least 4 members (excludes halogenated alkanes) is 18. The normalized spacial score (nSPS) is 11.6. The van der Waals surface area contributed by atoms with Crippen molar-refractivity contribution in [3.63, 3.8) is 0 Å². The Labute approximate surface area is 217 Å². The maximum Gasteiger partial charge on any atom is 0.0883 e. The summed E-state index contributed by atoms with van der Waals surface area (Å²) in [4.78, 5) is 0. The van der Waals surface area contributed by atoms with Crippen molar-refractivity contribution < 1.29 is 28.5 Å². The Morgan fingerprint density at radius 1 is 0.433 bits per heavy atom. The largest absolute Gasteiger partial charge is 1.00 e. The molecule has 0 aliphatic rings. The zero-order chi connectivity index (χ0) is 21.5. The SMILES string of the molecule is CCCCCCCCCCCC[N+](C)(CCBr)CCCCCCCCCCCC.[I-]. The van der Waals surface area contributed by atoms with E-state index < -0.39 is 0 Å². The molecular formula is C27H57BrIN. The van der Waals surface area contributed by atoms with E-state index in [0.29, 0.717) is 0 Å². The third-order valence-corrected chi connectivity index (χ3v) is 7.08. The first-order valence-corrected chi connectivity index (χ1v) is 14.7. The van der Waals surface area contributed by atoms with Gasteiger partial charge in [-0.2, -0.15) is 0 Å². The van der Waals surface area contributed by atoms with Crippen LogP contribution in [-0.4, -0.2) is 36.5 Å². The monoisotopic (exact) mass is 601 g/mol. The lowest BCUT2D eigenvalue weighted by molar-refractivity contribution is -0.907. The van der Waals surface area contributed by atoms with Gasteiger partial charge in [0, 0.05) is 0 Å². The van der Waals surface area contributed by atoms with E-state index in [4.69, 9.17) is 0 Å². The molecule has 0 bridgehead atoms. The second kappa shape index (κ2) is 26.4. The Morgan fingerprint density at radius 3 is 0.967 bits per heavy atom. The van der Waals surface area contributed by atoms with Crippen LogP contribution in [0.2, 0.25) is 0 Å². The van der Waals surface area contributed by atoms with E-state index in [1.54, 1.807) is 0 Å². The van der Waals surface area contributed by atoms with Gasteiger partial charge in [0.1, 0.15) is 0 Å². The fourth-order valence-corrected chi connectivity index (χ4v) is 5.36. The standard InChI is InChI=1S/C27H57BrN.HI/c1-4-6-8-10-12-14-16-18-20-22-25-29(3,27-24-28)26-23-21-19-17-15-13-11-9-7-5-2;/h4-27H2,1-3H3;1H/q+1;/p-1. The van der Waals surface area contributed by atoms with E-state index in [1.165, 1.54) is 153 Å². The van der Waals surface area contributed by atoms with Gasteiger partial charge in [-0.3, -0.25) is 0 Å². The summed E-state index contributed by atoms with van der Waals surface area (Å²) in [6, 6.07) is 0. The van der Waals surface area contributed by atoms with Gasteiger partial charge >= 0.3 is 0 Å². The fourth-order valence-electron chi connectivity index (χ4n) is 4.50. The molecule has 0 radical (unpaired) electrons. The van der Waals surface area contributed by atoms with Crippen molar-refractivity contribution in [3.05, 3.63) is 0 Å². The topological polar surface area (TPSA) is 0 Å². The third-order valence-electron chi connectivity index (χ3n) is 6.73. The number of halogens is 2. The van der Waals surface area contributed by atoms with Crippen molar-refractivity contribution in [2.45, 2.75) is 142 Å². The highest BCUT2D eigenvalue weighted by Crippen LogP contribution is 2.15. The van der Waals surface area contributed by atoms with Gasteiger partial charge in [0.2, 0.25) is 0 Å². The first-order chi connectivity index (χ1) is 14.2. The summed E-state index contributed by atoms with van der Waals surface area (Å²) >= 11 is 3.71. The van der Waals surface area contributed by atoms with Crippen LogP contribution >= 0.6 is 15.9 Å². The van der Waals surface area contributed by atoms with Crippen LogP contribution in [0.4, 0.5) is 0 Å². The van der Waals surface area contributed by atoms with Crippen LogP contribution in [-0.2, 0) is 0 Å². The summed E-state index contributed by atoms with van der Waals surface area (Å²) in [5.41, 5.74) is 0. The fraction of sp³-hybridized carbons (Fsp3) is 1.00. The van der Waals surface area contributed by atoms with Crippen molar-refractivity contribution in [3.8, 4) is 0 Å². The van der Waals surface area contributed by atoms with Crippen molar-refractivity contribution in [2.75, 3.05) is 32.0 Å². The molecule has 0 N–H and O–H groups in total. The zero-order valence-electron chi connectivity index (χ0n) is 21.2. The average Bonchev–Trinajstić information content (AvgIpc) is 2.71. The molecule has 0 saturated heterocycles. The summed E-state index contributed by atoms with van der Waals surface area (Å²) in [6.07, 6.45) is 28.9. The molecule has 0 saturated carbocycles. The highest BCUT2D eigenvalue weighted by Gasteiger charge is 2.19. The molecular weight excluding hydrogens is 545 g/mol. The van der Waals surface area contributed by atoms with Gasteiger partial charge in [0.05, 0.1) is 32.0 Å². The van der Waals surface area contributed by atoms with Gasteiger partial charge in [-0.1, -0.05) is 133 Å². The predicted molar refractivity (Wildman–Crippen MR) is 138 cm³/mol. The van der Waals surface area contributed by atoms with Gasteiger partial charge in [-0.25, -0.2) is 0 Å². The first-order valence-electron chi connectivity index (χ1n) is 13.6. The number of rotatable bonds is 24. The lowest BCUT2D eigenvalue weighted by Gasteiger charge is -2.34. The molecule has 0 aliphatic heterocycles. The third kappa shape index (κ3) is 23.8. The minimum Gasteiger partial charge on any atom is -1.00 e. The Balaban J connectivity index is 0. The lowest BCUT2D eigenvalue weighted by atomic mass is 10.1. The molecule has 0 fully saturated rings. The summed E-state index contributed by atoms with van der Waals surface area (Å²) < 4.78 is 1.29. The maximum atomic E-state index is 3.71. The molecule has 30 heavy (non-hydrogen) atoms. The lowest BCUT2D eigenvalue weighted by Crippen LogP contribution is -3.00. The molecule has 0 rings (SSSR count).